The van der Waals surface area contributed by atoms with E-state index in [2.05, 4.69) is 39.9 Å². The smallest absolute Gasteiger partial charge is 0.350 e. The van der Waals surface area contributed by atoms with Gasteiger partial charge in [-0.05, 0) is 143 Å². The second kappa shape index (κ2) is 31.0. The number of aliphatic hydroxyl groups is 2. The largest absolute Gasteiger partial charge is 0.487 e. The van der Waals surface area contributed by atoms with Gasteiger partial charge in [-0.1, -0.05) is 153 Å². The lowest BCUT2D eigenvalue weighted by atomic mass is 9.44. The molecule has 1 amide bonds. The van der Waals surface area contributed by atoms with Crippen molar-refractivity contribution in [2.24, 2.45) is 34.5 Å². The summed E-state index contributed by atoms with van der Waals surface area (Å²) in [4.78, 5) is 116. The number of benzene rings is 4. The summed E-state index contributed by atoms with van der Waals surface area (Å²) in [6.07, 6.45) is -0.0973. The fourth-order valence-corrected chi connectivity index (χ4v) is 16.3. The van der Waals surface area contributed by atoms with Crippen LogP contribution in [0.3, 0.4) is 0 Å². The molecule has 14 atom stereocenters. The zero-order valence-corrected chi connectivity index (χ0v) is 60.3. The van der Waals surface area contributed by atoms with Crippen molar-refractivity contribution in [1.29, 1.82) is 0 Å². The van der Waals surface area contributed by atoms with Gasteiger partial charge in [0.05, 0.1) is 42.4 Å². The predicted octanol–water partition coefficient (Wildman–Crippen LogP) is 13.1. The minimum absolute atomic E-state index is 0.0279. The molecular weight excluding hydrogens is 1260 g/mol. The maximum Gasteiger partial charge on any atom is 0.350 e. The first-order valence-corrected chi connectivity index (χ1v) is 35.5. The molecule has 2 heterocycles. The van der Waals surface area contributed by atoms with Crippen LogP contribution < -0.4 is 14.8 Å². The van der Waals surface area contributed by atoms with Gasteiger partial charge in [0.2, 0.25) is 6.10 Å². The minimum Gasteiger partial charge on any atom is -0.487 e. The Morgan fingerprint density at radius 1 is 0.697 bits per heavy atom. The van der Waals surface area contributed by atoms with E-state index < -0.39 is 137 Å². The van der Waals surface area contributed by atoms with E-state index in [1.807, 2.05) is 20.8 Å². The van der Waals surface area contributed by atoms with Crippen molar-refractivity contribution < 1.29 is 86.5 Å². The number of esters is 6. The van der Waals surface area contributed by atoms with E-state index in [1.165, 1.54) is 64.5 Å². The van der Waals surface area contributed by atoms with Crippen molar-refractivity contribution in [3.05, 3.63) is 141 Å². The van der Waals surface area contributed by atoms with Gasteiger partial charge in [-0.15, -0.1) is 0 Å². The highest BCUT2D eigenvalue weighted by atomic mass is 16.6. The number of carbonyl (C=O) groups excluding carboxylic acids is 8. The number of carbonyl (C=O) groups is 8. The summed E-state index contributed by atoms with van der Waals surface area (Å²) < 4.78 is 50.5. The first-order valence-electron chi connectivity index (χ1n) is 35.5. The zero-order valence-electron chi connectivity index (χ0n) is 60.3. The maximum absolute atomic E-state index is 16.0. The summed E-state index contributed by atoms with van der Waals surface area (Å²) in [5, 5.41) is 29.5. The zero-order chi connectivity index (χ0) is 72.1. The van der Waals surface area contributed by atoms with Gasteiger partial charge < -0.3 is 53.4 Å². The van der Waals surface area contributed by atoms with Gasteiger partial charge >= 0.3 is 35.8 Å². The van der Waals surface area contributed by atoms with Crippen molar-refractivity contribution in [3.8, 4) is 11.5 Å². The Bertz CT molecular complexity index is 3660. The summed E-state index contributed by atoms with van der Waals surface area (Å²) in [5.41, 5.74) is -4.92. The van der Waals surface area contributed by atoms with Crippen LogP contribution in [0.5, 0.6) is 11.5 Å². The average molecular weight is 1370 g/mol. The van der Waals surface area contributed by atoms with Crippen LogP contribution in [0.1, 0.15) is 221 Å². The lowest BCUT2D eigenvalue weighted by molar-refractivity contribution is -0.346. The molecule has 2 aliphatic heterocycles. The van der Waals surface area contributed by atoms with Gasteiger partial charge in [-0.3, -0.25) is 28.8 Å². The number of hydrogen-bond donors (Lipinski definition) is 3. The van der Waals surface area contributed by atoms with Gasteiger partial charge in [-0.2, -0.15) is 0 Å². The Labute approximate surface area is 583 Å². The van der Waals surface area contributed by atoms with Crippen LogP contribution in [0.25, 0.3) is 0 Å². The Morgan fingerprint density at radius 3 is 1.87 bits per heavy atom. The average Bonchev–Trinajstić information content (AvgIpc) is 0.668. The molecule has 3 aliphatic carbocycles. The van der Waals surface area contributed by atoms with Crippen LogP contribution in [0, 0.1) is 55.3 Å². The molecule has 0 aromatic heterocycles. The molecule has 4 aromatic carbocycles. The van der Waals surface area contributed by atoms with E-state index >= 15 is 9.59 Å². The van der Waals surface area contributed by atoms with Gasteiger partial charge in [0.25, 0.3) is 5.91 Å². The number of ether oxygens (including phenoxy) is 8. The molecule has 19 heteroatoms. The summed E-state index contributed by atoms with van der Waals surface area (Å²) in [5.74, 6) is -5.79. The summed E-state index contributed by atoms with van der Waals surface area (Å²) >= 11 is 0. The molecule has 19 nitrogen and oxygen atoms in total. The van der Waals surface area contributed by atoms with Crippen LogP contribution in [0.2, 0.25) is 0 Å². The van der Waals surface area contributed by atoms with Crippen molar-refractivity contribution in [1.82, 2.24) is 5.32 Å². The lowest BCUT2D eigenvalue weighted by Crippen LogP contribution is -2.82. The third-order valence-electron chi connectivity index (χ3n) is 22.3. The topological polar surface area (TPSA) is 263 Å². The molecule has 2 bridgehead atoms. The standard InChI is InChI=1S/C80H103NO18/c1-46(2)27-24-28-47(3)29-25-30-48(4)31-26-41-77(13)42-40-58-51(7)66(49(5)50(6)67(58)99-77)95-62(85)38-39-63(86)96-69(65(55-32-18-15-19-33-55)81-73(88)56-34-20-16-21-35-56)75(90)94-59-44-80(91)72(97-74(89)57-36-22-17-23-37-57)70-78(14,60(84)43-61-79(70,45-92-61)98-54(10)83)71(87)68(93-53(9)82)64(52(59)8)76(80,11)12/h15-23,32-37,46-48,59-61,65,68-70,72,84,91H,24-31,38-45H2,1-14H3,(H,81,88)/t47-,48-,59+,60+,61-,65+,68-,69-,70?,72?,77-,78-,79+,80-/m1/s1. The Kier molecular flexibility index (Phi) is 23.6. The Morgan fingerprint density at radius 2 is 1.28 bits per heavy atom. The summed E-state index contributed by atoms with van der Waals surface area (Å²) in [6.45, 7) is 25.1. The highest BCUT2D eigenvalue weighted by molar-refractivity contribution is 5.97. The molecule has 5 aliphatic rings. The molecule has 536 valence electrons. The lowest BCUT2D eigenvalue weighted by Gasteiger charge is -2.67. The second-order valence-electron chi connectivity index (χ2n) is 30.2. The minimum atomic E-state index is -2.52. The fourth-order valence-electron chi connectivity index (χ4n) is 16.3. The number of amides is 1. The molecule has 3 fully saturated rings. The van der Waals surface area contributed by atoms with Gasteiger partial charge in [0.15, 0.2) is 17.5 Å². The van der Waals surface area contributed by atoms with Gasteiger partial charge in [0, 0.05) is 43.2 Å². The predicted molar refractivity (Wildman–Crippen MR) is 369 cm³/mol. The highest BCUT2D eigenvalue weighted by Gasteiger charge is 2.78. The Hall–Kier alpha value is -7.74. The number of fused-ring (bicyclic) bond motifs is 6. The third kappa shape index (κ3) is 15.9. The molecule has 4 aromatic rings. The highest BCUT2D eigenvalue weighted by Crippen LogP contribution is 2.65. The first kappa shape index (κ1) is 75.5. The quantitative estimate of drug-likeness (QED) is 0.0217. The van der Waals surface area contributed by atoms with Crippen LogP contribution in [0.4, 0.5) is 0 Å². The number of Topliss-reactive ketones (excluding diaryl/α,β-unsaturated/α-hetero) is 1. The van der Waals surface area contributed by atoms with Gasteiger partial charge in [0.1, 0.15) is 47.1 Å². The van der Waals surface area contributed by atoms with E-state index in [0.29, 0.717) is 23.7 Å². The van der Waals surface area contributed by atoms with Crippen molar-refractivity contribution in [2.75, 3.05) is 6.61 Å². The number of rotatable bonds is 27. The maximum atomic E-state index is 16.0. The van der Waals surface area contributed by atoms with E-state index in [4.69, 9.17) is 37.9 Å². The van der Waals surface area contributed by atoms with Crippen molar-refractivity contribution in [3.63, 3.8) is 0 Å². The number of hydrogen-bond acceptors (Lipinski definition) is 18. The first-order chi connectivity index (χ1) is 46.8. The molecule has 9 rings (SSSR count). The van der Waals surface area contributed by atoms with E-state index in [9.17, 15) is 39.0 Å². The third-order valence-corrected chi connectivity index (χ3v) is 22.3. The van der Waals surface area contributed by atoms with Crippen LogP contribution >= 0.6 is 0 Å². The molecule has 3 N–H and O–H groups in total. The summed E-state index contributed by atoms with van der Waals surface area (Å²) in [6, 6.07) is 22.6. The van der Waals surface area contributed by atoms with E-state index in [0.717, 1.165) is 73.8 Å². The SMILES string of the molecule is CC(=O)O[C@H]1C(=O)[C@@]2(C)C(C(OC(=O)c3ccccc3)[C@]3(O)C[C@H](OC(=O)[C@H](OC(=O)CCC(=O)Oc4c(C)c(C)c5c(c4C)CC[C@@](C)(CCC[C@H](C)CCC[C@H](C)CCCC(C)C)O5)[C@@H](NC(=O)c4ccccc4)c4ccccc4)C(C)=C1C3(C)C)[C@]1(OC(C)=O)CO[C@@H]1C[C@@H]2O. The molecular formula is C80H103NO18. The summed E-state index contributed by atoms with van der Waals surface area (Å²) in [7, 11) is 0. The van der Waals surface area contributed by atoms with E-state index in [-0.39, 0.29) is 46.5 Å². The van der Waals surface area contributed by atoms with Crippen LogP contribution in [-0.4, -0.2) is 118 Å². The number of nitrogens with one attached hydrogen (secondary N) is 1. The van der Waals surface area contributed by atoms with Crippen LogP contribution in [0.15, 0.2) is 102 Å². The molecule has 0 spiro atoms. The molecule has 0 radical (unpaired) electrons. The van der Waals surface area contributed by atoms with Crippen LogP contribution in [-0.2, 0) is 63.6 Å². The number of aliphatic hydroxyl groups excluding tert-OH is 1. The van der Waals surface area contributed by atoms with Gasteiger partial charge in [-0.25, -0.2) is 9.59 Å². The Balaban J connectivity index is 1.00. The monoisotopic (exact) mass is 1370 g/mol. The van der Waals surface area contributed by atoms with Crippen molar-refractivity contribution in [2.45, 2.75) is 253 Å². The fraction of sp³-hybridized carbons (Fsp3) is 0.575. The normalized spacial score (nSPS) is 27.1. The van der Waals surface area contributed by atoms with E-state index in [1.54, 1.807) is 92.7 Å². The number of ketones is 1. The second-order valence-corrected chi connectivity index (χ2v) is 30.2. The molecule has 2 saturated carbocycles. The molecule has 1 saturated heterocycles. The van der Waals surface area contributed by atoms with Crippen molar-refractivity contribution >= 4 is 47.5 Å². The molecule has 99 heavy (non-hydrogen) atoms. The molecule has 2 unspecified atom stereocenters.